The SMILES string of the molecule is O=C1C=CC2OC(=O)C13CCCCC23. The Bertz CT molecular complexity index is 344. The molecule has 2 fully saturated rings. The normalized spacial score (nSPS) is 44.9. The van der Waals surface area contributed by atoms with E-state index in [0.717, 1.165) is 19.3 Å². The summed E-state index contributed by atoms with van der Waals surface area (Å²) in [5.41, 5.74) is -0.780. The van der Waals surface area contributed by atoms with E-state index in [1.165, 1.54) is 6.08 Å². The number of allylic oxidation sites excluding steroid dienone is 1. The Morgan fingerprint density at radius 2 is 2.21 bits per heavy atom. The smallest absolute Gasteiger partial charge is 0.321 e. The van der Waals surface area contributed by atoms with Crippen LogP contribution in [0.25, 0.3) is 0 Å². The highest BCUT2D eigenvalue weighted by molar-refractivity contribution is 6.12. The number of rotatable bonds is 0. The lowest BCUT2D eigenvalue weighted by Crippen LogP contribution is -2.45. The zero-order chi connectivity index (χ0) is 9.76. The van der Waals surface area contributed by atoms with Gasteiger partial charge in [-0.3, -0.25) is 9.59 Å². The molecular weight excluding hydrogens is 180 g/mol. The van der Waals surface area contributed by atoms with Crippen molar-refractivity contribution in [2.24, 2.45) is 11.3 Å². The molecule has 1 saturated heterocycles. The predicted molar refractivity (Wildman–Crippen MR) is 48.4 cm³/mol. The molecule has 1 saturated carbocycles. The highest BCUT2D eigenvalue weighted by Gasteiger charge is 2.62. The molecule has 3 rings (SSSR count). The van der Waals surface area contributed by atoms with Crippen LogP contribution in [0.15, 0.2) is 12.2 Å². The molecule has 2 aliphatic carbocycles. The first-order valence-electron chi connectivity index (χ1n) is 5.19. The van der Waals surface area contributed by atoms with Gasteiger partial charge in [-0.15, -0.1) is 0 Å². The predicted octanol–water partition coefficient (Wildman–Crippen LogP) is 1.23. The molecule has 3 aliphatic rings. The second-order valence-electron chi connectivity index (χ2n) is 4.42. The van der Waals surface area contributed by atoms with Crippen molar-refractivity contribution in [3.8, 4) is 0 Å². The Kier molecular flexibility index (Phi) is 1.45. The van der Waals surface area contributed by atoms with Crippen LogP contribution in [0.1, 0.15) is 25.7 Å². The van der Waals surface area contributed by atoms with Gasteiger partial charge in [0.15, 0.2) is 5.78 Å². The van der Waals surface area contributed by atoms with E-state index in [4.69, 9.17) is 4.74 Å². The van der Waals surface area contributed by atoms with Crippen molar-refractivity contribution in [3.05, 3.63) is 12.2 Å². The molecule has 2 bridgehead atoms. The van der Waals surface area contributed by atoms with Crippen LogP contribution in [-0.2, 0) is 14.3 Å². The Morgan fingerprint density at radius 1 is 1.36 bits per heavy atom. The Balaban J connectivity index is 2.15. The first-order valence-corrected chi connectivity index (χ1v) is 5.19. The molecule has 0 aromatic heterocycles. The summed E-state index contributed by atoms with van der Waals surface area (Å²) in [7, 11) is 0. The van der Waals surface area contributed by atoms with E-state index in [1.54, 1.807) is 6.08 Å². The van der Waals surface area contributed by atoms with Crippen molar-refractivity contribution in [1.82, 2.24) is 0 Å². The molecule has 1 heterocycles. The molecule has 3 unspecified atom stereocenters. The summed E-state index contributed by atoms with van der Waals surface area (Å²) in [6.07, 6.45) is 6.89. The average Bonchev–Trinajstić information content (AvgIpc) is 2.44. The Morgan fingerprint density at radius 3 is 3.00 bits per heavy atom. The lowest BCUT2D eigenvalue weighted by Gasteiger charge is -2.35. The molecule has 0 spiro atoms. The Hall–Kier alpha value is -1.12. The third-order valence-electron chi connectivity index (χ3n) is 3.85. The van der Waals surface area contributed by atoms with E-state index < -0.39 is 5.41 Å². The van der Waals surface area contributed by atoms with Gasteiger partial charge >= 0.3 is 5.97 Å². The van der Waals surface area contributed by atoms with E-state index in [1.807, 2.05) is 0 Å². The first-order chi connectivity index (χ1) is 6.75. The van der Waals surface area contributed by atoms with Crippen molar-refractivity contribution in [3.63, 3.8) is 0 Å². The number of carbonyl (C=O) groups is 2. The van der Waals surface area contributed by atoms with E-state index >= 15 is 0 Å². The van der Waals surface area contributed by atoms with E-state index in [-0.39, 0.29) is 23.8 Å². The molecule has 0 N–H and O–H groups in total. The number of carbonyl (C=O) groups excluding carboxylic acids is 2. The largest absolute Gasteiger partial charge is 0.457 e. The number of ether oxygens (including phenoxy) is 1. The van der Waals surface area contributed by atoms with Crippen molar-refractivity contribution in [2.45, 2.75) is 31.8 Å². The quantitative estimate of drug-likeness (QED) is 0.428. The maximum atomic E-state index is 11.8. The minimum Gasteiger partial charge on any atom is -0.457 e. The van der Waals surface area contributed by atoms with Crippen LogP contribution in [0.2, 0.25) is 0 Å². The summed E-state index contributed by atoms with van der Waals surface area (Å²) in [6.45, 7) is 0. The van der Waals surface area contributed by atoms with Gasteiger partial charge in [0.05, 0.1) is 0 Å². The molecule has 0 aromatic rings. The molecule has 0 amide bonds. The van der Waals surface area contributed by atoms with Crippen LogP contribution < -0.4 is 0 Å². The van der Waals surface area contributed by atoms with Gasteiger partial charge in [-0.05, 0) is 25.0 Å². The van der Waals surface area contributed by atoms with E-state index in [9.17, 15) is 9.59 Å². The highest BCUT2D eigenvalue weighted by atomic mass is 16.6. The van der Waals surface area contributed by atoms with Crippen LogP contribution in [0.3, 0.4) is 0 Å². The van der Waals surface area contributed by atoms with Crippen LogP contribution in [0, 0.1) is 11.3 Å². The molecular formula is C11H12O3. The molecule has 0 aromatic carbocycles. The second kappa shape index (κ2) is 2.47. The second-order valence-corrected chi connectivity index (χ2v) is 4.42. The van der Waals surface area contributed by atoms with Crippen LogP contribution in [-0.4, -0.2) is 17.9 Å². The van der Waals surface area contributed by atoms with E-state index in [2.05, 4.69) is 0 Å². The van der Waals surface area contributed by atoms with E-state index in [0.29, 0.717) is 6.42 Å². The third-order valence-corrected chi connectivity index (χ3v) is 3.85. The van der Waals surface area contributed by atoms with Gasteiger partial charge in [0.25, 0.3) is 0 Å². The first kappa shape index (κ1) is 8.21. The number of hydrogen-bond donors (Lipinski definition) is 0. The fourth-order valence-corrected chi connectivity index (χ4v) is 3.12. The monoisotopic (exact) mass is 192 g/mol. The van der Waals surface area contributed by atoms with Crippen molar-refractivity contribution in [1.29, 1.82) is 0 Å². The Labute approximate surface area is 82.1 Å². The van der Waals surface area contributed by atoms with Crippen molar-refractivity contribution >= 4 is 11.8 Å². The summed E-state index contributed by atoms with van der Waals surface area (Å²) in [5, 5.41) is 0. The standard InChI is InChI=1S/C11H12O3/c12-9-5-4-8-7-3-1-2-6-11(7,9)10(13)14-8/h4-5,7-8H,1-3,6H2. The number of ketones is 1. The van der Waals surface area contributed by atoms with Gasteiger partial charge in [-0.2, -0.15) is 0 Å². The lowest BCUT2D eigenvalue weighted by atomic mass is 9.61. The highest BCUT2D eigenvalue weighted by Crippen LogP contribution is 2.52. The molecule has 0 radical (unpaired) electrons. The lowest BCUT2D eigenvalue weighted by molar-refractivity contribution is -0.151. The maximum Gasteiger partial charge on any atom is 0.321 e. The van der Waals surface area contributed by atoms with Gasteiger partial charge in [0.2, 0.25) is 0 Å². The molecule has 3 atom stereocenters. The minimum atomic E-state index is -0.780. The third kappa shape index (κ3) is 0.740. The summed E-state index contributed by atoms with van der Waals surface area (Å²) >= 11 is 0. The summed E-state index contributed by atoms with van der Waals surface area (Å²) in [6, 6.07) is 0. The summed E-state index contributed by atoms with van der Waals surface area (Å²) in [4.78, 5) is 23.6. The molecule has 74 valence electrons. The minimum absolute atomic E-state index is 0.0269. The summed E-state index contributed by atoms with van der Waals surface area (Å²) < 4.78 is 5.25. The average molecular weight is 192 g/mol. The number of hydrogen-bond acceptors (Lipinski definition) is 3. The van der Waals surface area contributed by atoms with Gasteiger partial charge in [-0.1, -0.05) is 12.8 Å². The topological polar surface area (TPSA) is 43.4 Å². The van der Waals surface area contributed by atoms with Gasteiger partial charge in [0.1, 0.15) is 11.5 Å². The van der Waals surface area contributed by atoms with Crippen LogP contribution in [0.4, 0.5) is 0 Å². The zero-order valence-electron chi connectivity index (χ0n) is 7.86. The molecule has 1 aliphatic heterocycles. The van der Waals surface area contributed by atoms with Crippen LogP contribution in [0.5, 0.6) is 0 Å². The van der Waals surface area contributed by atoms with Crippen LogP contribution >= 0.6 is 0 Å². The summed E-state index contributed by atoms with van der Waals surface area (Å²) in [5.74, 6) is -0.176. The van der Waals surface area contributed by atoms with Crippen molar-refractivity contribution in [2.75, 3.05) is 0 Å². The zero-order valence-corrected chi connectivity index (χ0v) is 7.86. The number of esters is 1. The fraction of sp³-hybridized carbons (Fsp3) is 0.636. The van der Waals surface area contributed by atoms with Crippen molar-refractivity contribution < 1.29 is 14.3 Å². The maximum absolute atomic E-state index is 11.8. The molecule has 3 nitrogen and oxygen atoms in total. The fourth-order valence-electron chi connectivity index (χ4n) is 3.12. The van der Waals surface area contributed by atoms with Gasteiger partial charge < -0.3 is 4.74 Å². The molecule has 3 heteroatoms. The van der Waals surface area contributed by atoms with Gasteiger partial charge in [0, 0.05) is 5.92 Å². The molecule has 14 heavy (non-hydrogen) atoms. The van der Waals surface area contributed by atoms with Gasteiger partial charge in [-0.25, -0.2) is 0 Å².